The highest BCUT2D eigenvalue weighted by Crippen LogP contribution is 2.23. The molecule has 0 atom stereocenters. The van der Waals surface area contributed by atoms with Gasteiger partial charge in [0.1, 0.15) is 10.7 Å². The number of nitrogens with one attached hydrogen (secondary N) is 2. The molecular formula is C19H20ClFN4O3S. The lowest BCUT2D eigenvalue weighted by Gasteiger charge is -2.11. The second-order valence-corrected chi connectivity index (χ2v) is 7.96. The summed E-state index contributed by atoms with van der Waals surface area (Å²) >= 11 is 5.77. The number of nitrogens with two attached hydrogens (primary N) is 1. The Morgan fingerprint density at radius 1 is 1.21 bits per heavy atom. The Morgan fingerprint density at radius 3 is 2.48 bits per heavy atom. The summed E-state index contributed by atoms with van der Waals surface area (Å²) in [6.45, 7) is 2.46. The summed E-state index contributed by atoms with van der Waals surface area (Å²) in [5.41, 5.74) is 5.82. The first-order valence-corrected chi connectivity index (χ1v) is 10.4. The maximum absolute atomic E-state index is 14.2. The molecule has 154 valence electrons. The van der Waals surface area contributed by atoms with Gasteiger partial charge in [-0.15, -0.1) is 0 Å². The Kier molecular flexibility index (Phi) is 7.74. The van der Waals surface area contributed by atoms with Crippen molar-refractivity contribution in [3.8, 4) is 0 Å². The van der Waals surface area contributed by atoms with E-state index in [0.717, 1.165) is 24.8 Å². The van der Waals surface area contributed by atoms with Gasteiger partial charge in [0.25, 0.3) is 15.9 Å². The summed E-state index contributed by atoms with van der Waals surface area (Å²) in [6, 6.07) is 9.08. The number of benzene rings is 2. The van der Waals surface area contributed by atoms with E-state index in [1.807, 2.05) is 6.92 Å². The number of carbonyl (C=O) groups excluding carboxylic acids is 1. The first-order chi connectivity index (χ1) is 13.8. The topological polar surface area (TPSA) is 114 Å². The van der Waals surface area contributed by atoms with E-state index in [9.17, 15) is 17.6 Å². The molecule has 0 aliphatic rings. The van der Waals surface area contributed by atoms with Crippen LogP contribution in [-0.2, 0) is 14.8 Å². The van der Waals surface area contributed by atoms with Gasteiger partial charge in [-0.3, -0.25) is 14.5 Å². The number of hydrogen-bond acceptors (Lipinski definition) is 5. The third-order valence-corrected chi connectivity index (χ3v) is 5.25. The minimum absolute atomic E-state index is 0.0797. The molecule has 7 nitrogen and oxygen atoms in total. The Balaban J connectivity index is 2.24. The van der Waals surface area contributed by atoms with Crippen LogP contribution in [0.15, 0.2) is 64.1 Å². The highest BCUT2D eigenvalue weighted by Gasteiger charge is 2.20. The van der Waals surface area contributed by atoms with Gasteiger partial charge in [0.2, 0.25) is 0 Å². The molecule has 2 aromatic rings. The molecule has 0 heterocycles. The van der Waals surface area contributed by atoms with Crippen molar-refractivity contribution in [1.29, 1.82) is 0 Å². The molecule has 0 aliphatic heterocycles. The zero-order valence-corrected chi connectivity index (χ0v) is 17.1. The zero-order chi connectivity index (χ0) is 21.4. The van der Waals surface area contributed by atoms with E-state index in [1.165, 1.54) is 36.5 Å². The molecule has 2 aromatic carbocycles. The van der Waals surface area contributed by atoms with Gasteiger partial charge in [-0.05, 0) is 48.9 Å². The SMILES string of the molecule is CCCN=CC(=CN)C(=O)Nc1ccc(F)c(S(=O)(=O)Nc2ccc(Cl)cc2)c1. The van der Waals surface area contributed by atoms with Gasteiger partial charge in [-0.2, -0.15) is 0 Å². The van der Waals surface area contributed by atoms with Crippen molar-refractivity contribution in [2.75, 3.05) is 16.6 Å². The van der Waals surface area contributed by atoms with Crippen LogP contribution in [0, 0.1) is 5.82 Å². The summed E-state index contributed by atoms with van der Waals surface area (Å²) < 4.78 is 41.6. The molecule has 0 fully saturated rings. The molecular weight excluding hydrogens is 419 g/mol. The van der Waals surface area contributed by atoms with E-state index in [4.69, 9.17) is 17.3 Å². The van der Waals surface area contributed by atoms with Crippen LogP contribution in [-0.4, -0.2) is 27.1 Å². The molecule has 0 bridgehead atoms. The first-order valence-electron chi connectivity index (χ1n) is 8.58. The minimum Gasteiger partial charge on any atom is -0.404 e. The van der Waals surface area contributed by atoms with E-state index >= 15 is 0 Å². The van der Waals surface area contributed by atoms with Crippen LogP contribution in [0.5, 0.6) is 0 Å². The normalized spacial score (nSPS) is 12.2. The van der Waals surface area contributed by atoms with E-state index in [-0.39, 0.29) is 16.9 Å². The predicted molar refractivity (Wildman–Crippen MR) is 113 cm³/mol. The molecule has 0 unspecified atom stereocenters. The molecule has 0 spiro atoms. The van der Waals surface area contributed by atoms with Gasteiger partial charge in [0.05, 0.1) is 5.57 Å². The Labute approximate surface area is 173 Å². The maximum Gasteiger partial charge on any atom is 0.264 e. The van der Waals surface area contributed by atoms with Gasteiger partial charge in [0, 0.05) is 35.4 Å². The smallest absolute Gasteiger partial charge is 0.264 e. The molecule has 2 rings (SSSR count). The molecule has 0 aromatic heterocycles. The largest absolute Gasteiger partial charge is 0.404 e. The highest BCUT2D eigenvalue weighted by atomic mass is 35.5. The van der Waals surface area contributed by atoms with Gasteiger partial charge < -0.3 is 11.1 Å². The van der Waals surface area contributed by atoms with Crippen LogP contribution in [0.25, 0.3) is 0 Å². The molecule has 0 radical (unpaired) electrons. The number of sulfonamides is 1. The lowest BCUT2D eigenvalue weighted by molar-refractivity contribution is -0.112. The van der Waals surface area contributed by atoms with Gasteiger partial charge in [-0.1, -0.05) is 18.5 Å². The Hall–Kier alpha value is -2.91. The summed E-state index contributed by atoms with van der Waals surface area (Å²) in [4.78, 5) is 15.7. The number of halogens is 2. The number of amides is 1. The van der Waals surface area contributed by atoms with Gasteiger partial charge >= 0.3 is 0 Å². The highest BCUT2D eigenvalue weighted by molar-refractivity contribution is 7.92. The number of hydrogen-bond donors (Lipinski definition) is 3. The average Bonchev–Trinajstić information content (AvgIpc) is 2.68. The zero-order valence-electron chi connectivity index (χ0n) is 15.5. The van der Waals surface area contributed by atoms with Gasteiger partial charge in [0.15, 0.2) is 0 Å². The number of nitrogens with zero attached hydrogens (tertiary/aromatic N) is 1. The van der Waals surface area contributed by atoms with E-state index in [1.54, 1.807) is 0 Å². The quantitative estimate of drug-likeness (QED) is 0.432. The van der Waals surface area contributed by atoms with Crippen LogP contribution in [0.1, 0.15) is 13.3 Å². The predicted octanol–water partition coefficient (Wildman–Crippen LogP) is 3.54. The molecule has 4 N–H and O–H groups in total. The summed E-state index contributed by atoms with van der Waals surface area (Å²) in [5, 5.41) is 2.90. The minimum atomic E-state index is -4.24. The number of anilines is 2. The van der Waals surface area contributed by atoms with Crippen LogP contribution < -0.4 is 15.8 Å². The van der Waals surface area contributed by atoms with Gasteiger partial charge in [-0.25, -0.2) is 12.8 Å². The van der Waals surface area contributed by atoms with Crippen molar-refractivity contribution < 1.29 is 17.6 Å². The van der Waals surface area contributed by atoms with Crippen LogP contribution >= 0.6 is 11.6 Å². The third kappa shape index (κ3) is 6.30. The lowest BCUT2D eigenvalue weighted by atomic mass is 10.2. The van der Waals surface area contributed by atoms with E-state index < -0.39 is 26.6 Å². The Bertz CT molecular complexity index is 1040. The standard InChI is InChI=1S/C19H20ClFN4O3S/c1-2-9-23-12-13(11-22)19(26)24-16-7-8-17(21)18(10-16)29(27,28)25-15-5-3-14(20)4-6-15/h3-8,10-12,25H,2,9,22H2,1H3,(H,24,26). The summed E-state index contributed by atoms with van der Waals surface area (Å²) in [6.07, 6.45) is 3.20. The number of aliphatic imine (C=N–C) groups is 1. The van der Waals surface area contributed by atoms with Crippen molar-refractivity contribution in [1.82, 2.24) is 0 Å². The molecule has 0 saturated carbocycles. The fourth-order valence-corrected chi connectivity index (χ4v) is 3.48. The maximum atomic E-state index is 14.2. The van der Waals surface area contributed by atoms with Crippen molar-refractivity contribution in [2.24, 2.45) is 10.7 Å². The second-order valence-electron chi connectivity index (χ2n) is 5.87. The van der Waals surface area contributed by atoms with E-state index in [0.29, 0.717) is 11.6 Å². The summed E-state index contributed by atoms with van der Waals surface area (Å²) in [7, 11) is -4.24. The van der Waals surface area contributed by atoms with Crippen molar-refractivity contribution >= 4 is 45.1 Å². The number of rotatable bonds is 8. The van der Waals surface area contributed by atoms with Crippen LogP contribution in [0.3, 0.4) is 0 Å². The summed E-state index contributed by atoms with van der Waals surface area (Å²) in [5.74, 6) is -1.57. The van der Waals surface area contributed by atoms with Crippen molar-refractivity contribution in [3.63, 3.8) is 0 Å². The molecule has 0 aliphatic carbocycles. The fourth-order valence-electron chi connectivity index (χ4n) is 2.19. The van der Waals surface area contributed by atoms with Crippen molar-refractivity contribution in [3.05, 3.63) is 65.1 Å². The monoisotopic (exact) mass is 438 g/mol. The second kappa shape index (κ2) is 10.0. The Morgan fingerprint density at radius 2 is 1.86 bits per heavy atom. The molecule has 10 heteroatoms. The van der Waals surface area contributed by atoms with Crippen molar-refractivity contribution in [2.45, 2.75) is 18.2 Å². The van der Waals surface area contributed by atoms with Crippen LogP contribution in [0.4, 0.5) is 15.8 Å². The lowest BCUT2D eigenvalue weighted by Crippen LogP contribution is -2.18. The van der Waals surface area contributed by atoms with Crippen LogP contribution in [0.2, 0.25) is 5.02 Å². The molecule has 1 amide bonds. The molecule has 29 heavy (non-hydrogen) atoms. The first kappa shape index (κ1) is 22.4. The van der Waals surface area contributed by atoms with E-state index in [2.05, 4.69) is 15.0 Å². The average molecular weight is 439 g/mol. The fraction of sp³-hybridized carbons (Fsp3) is 0.158. The third-order valence-electron chi connectivity index (χ3n) is 3.60. The molecule has 0 saturated heterocycles. The number of carbonyl (C=O) groups is 1.